The summed E-state index contributed by atoms with van der Waals surface area (Å²) < 4.78 is 90.7. The van der Waals surface area contributed by atoms with Gasteiger partial charge in [0.15, 0.2) is 0 Å². The van der Waals surface area contributed by atoms with Crippen LogP contribution < -0.4 is 10.6 Å². The second-order valence-electron chi connectivity index (χ2n) is 14.6. The minimum Gasteiger partial charge on any atom is -0.416 e. The van der Waals surface area contributed by atoms with Gasteiger partial charge >= 0.3 is 69.5 Å². The fourth-order valence-corrected chi connectivity index (χ4v) is 36.1. The molecule has 0 bridgehead atoms. The summed E-state index contributed by atoms with van der Waals surface area (Å²) in [5.74, 6) is 0. The molecule has 0 aromatic heterocycles. The summed E-state index contributed by atoms with van der Waals surface area (Å²) in [5, 5.41) is 6.96. The molecule has 2 N–H and O–H groups in total. The van der Waals surface area contributed by atoms with Crippen LogP contribution in [0.1, 0.15) is 25.7 Å². The van der Waals surface area contributed by atoms with Crippen LogP contribution in [0.5, 0.6) is 0 Å². The summed E-state index contributed by atoms with van der Waals surface area (Å²) in [6.07, 6.45) is 3.33. The van der Waals surface area contributed by atoms with Crippen molar-refractivity contribution in [3.8, 4) is 0 Å². The molecule has 0 aromatic carbocycles. The molecular formula is C31H80N2O15Si8. The Kier molecular flexibility index (Phi) is 27.4. The predicted molar refractivity (Wildman–Crippen MR) is 236 cm³/mol. The molecule has 0 spiro atoms. The molecule has 0 saturated carbocycles. The van der Waals surface area contributed by atoms with Gasteiger partial charge in [0.1, 0.15) is 0 Å². The SMILES string of the molecule is C=C[Si](C)(O[Si](C)(C)O[Si](C)(C)O[Si](C)(C)O[Si](CCCNCCC[Si](OC)(OC)OC)(OC)OC)O[Si](CCCNCCC[Si](OC)(OC)OC)(OC)OC. The van der Waals surface area contributed by atoms with E-state index in [0.717, 1.165) is 64.0 Å². The Morgan fingerprint density at radius 2 is 0.607 bits per heavy atom. The van der Waals surface area contributed by atoms with Gasteiger partial charge in [0.2, 0.25) is 0 Å². The van der Waals surface area contributed by atoms with Crippen LogP contribution in [0.25, 0.3) is 0 Å². The molecule has 25 heteroatoms. The van der Waals surface area contributed by atoms with Crippen molar-refractivity contribution in [3.63, 3.8) is 0 Å². The Morgan fingerprint density at radius 3 is 0.893 bits per heavy atom. The molecule has 56 heavy (non-hydrogen) atoms. The van der Waals surface area contributed by atoms with Gasteiger partial charge in [0.05, 0.1) is 0 Å². The average molecular weight is 946 g/mol. The highest BCUT2D eigenvalue weighted by Gasteiger charge is 2.52. The maximum atomic E-state index is 6.79. The van der Waals surface area contributed by atoms with Gasteiger partial charge in [-0.15, -0.1) is 6.58 Å². The van der Waals surface area contributed by atoms with Gasteiger partial charge in [0, 0.05) is 95.3 Å². The normalized spacial score (nSPS) is 15.0. The third-order valence-electron chi connectivity index (χ3n) is 9.02. The molecule has 0 amide bonds. The van der Waals surface area contributed by atoms with E-state index in [0.29, 0.717) is 12.1 Å². The zero-order valence-electron chi connectivity index (χ0n) is 37.9. The summed E-state index contributed by atoms with van der Waals surface area (Å²) in [6, 6.07) is 2.70. The van der Waals surface area contributed by atoms with Gasteiger partial charge in [-0.1, -0.05) is 5.70 Å². The Labute approximate surface area is 348 Å². The molecule has 0 aliphatic heterocycles. The van der Waals surface area contributed by atoms with E-state index >= 15 is 0 Å². The molecule has 0 rings (SSSR count). The van der Waals surface area contributed by atoms with Crippen LogP contribution in [0, 0.1) is 0 Å². The monoisotopic (exact) mass is 944 g/mol. The molecule has 0 saturated heterocycles. The number of rotatable bonds is 37. The number of hydrogen-bond acceptors (Lipinski definition) is 17. The Bertz CT molecular complexity index is 1040. The molecule has 17 nitrogen and oxygen atoms in total. The lowest BCUT2D eigenvalue weighted by Crippen LogP contribution is -2.62. The van der Waals surface area contributed by atoms with E-state index in [-0.39, 0.29) is 0 Å². The minimum atomic E-state index is -3.12. The molecule has 336 valence electrons. The van der Waals surface area contributed by atoms with E-state index < -0.39 is 69.5 Å². The first-order valence-electron chi connectivity index (χ1n) is 19.2. The highest BCUT2D eigenvalue weighted by molar-refractivity contribution is 6.91. The second kappa shape index (κ2) is 27.0. The van der Waals surface area contributed by atoms with Crippen molar-refractivity contribution in [2.24, 2.45) is 0 Å². The van der Waals surface area contributed by atoms with Gasteiger partial charge in [-0.3, -0.25) is 0 Å². The third-order valence-corrected chi connectivity index (χ3v) is 37.4. The van der Waals surface area contributed by atoms with Crippen LogP contribution in [0.3, 0.4) is 0 Å². The summed E-state index contributed by atoms with van der Waals surface area (Å²) in [5.41, 5.74) is 1.76. The molecule has 0 heterocycles. The first kappa shape index (κ1) is 56.8. The fraction of sp³-hybridized carbons (Fsp3) is 0.935. The van der Waals surface area contributed by atoms with Crippen molar-refractivity contribution < 1.29 is 64.8 Å². The lowest BCUT2D eigenvalue weighted by atomic mass is 10.4. The van der Waals surface area contributed by atoms with E-state index in [1.54, 1.807) is 76.8 Å². The lowest BCUT2D eigenvalue weighted by molar-refractivity contribution is 0.122. The molecule has 0 radical (unpaired) electrons. The van der Waals surface area contributed by atoms with Crippen molar-refractivity contribution in [1.82, 2.24) is 10.6 Å². The molecule has 0 aromatic rings. The van der Waals surface area contributed by atoms with Crippen molar-refractivity contribution in [3.05, 3.63) is 12.3 Å². The van der Waals surface area contributed by atoms with E-state index in [9.17, 15) is 0 Å². The lowest BCUT2D eigenvalue weighted by Gasteiger charge is -2.43. The summed E-state index contributed by atoms with van der Waals surface area (Å²) >= 11 is 0. The number of nitrogens with one attached hydrogen (secondary N) is 2. The second-order valence-corrected chi connectivity index (χ2v) is 41.1. The molecule has 0 aliphatic carbocycles. The standard InChI is InChI=1S/C31H80N2O15Si8/c1-19-52(18,48-56(42-10,43-11)31-23-27-33-25-21-29-54(37-5,38-6)39-7)46-50(14,15)44-49(12,13)45-51(16,17)47-55(40-8,41-9)30-22-26-32-24-20-28-53(34-2,35-3)36-4/h19,32-33H,1,20-31H2,2-18H3. The van der Waals surface area contributed by atoms with Crippen LogP contribution in [-0.4, -0.2) is 167 Å². The molecule has 0 fully saturated rings. The average Bonchev–Trinajstić information content (AvgIpc) is 3.15. The van der Waals surface area contributed by atoms with Gasteiger partial charge in [0.25, 0.3) is 0 Å². The zero-order valence-corrected chi connectivity index (χ0v) is 45.9. The zero-order chi connectivity index (χ0) is 43.2. The van der Waals surface area contributed by atoms with E-state index in [1.165, 1.54) is 0 Å². The Balaban J connectivity index is 5.33. The summed E-state index contributed by atoms with van der Waals surface area (Å²) in [4.78, 5) is 0. The van der Waals surface area contributed by atoms with E-state index in [2.05, 4.69) is 17.2 Å². The van der Waals surface area contributed by atoms with E-state index in [4.69, 9.17) is 64.8 Å². The largest absolute Gasteiger partial charge is 0.500 e. The van der Waals surface area contributed by atoms with Crippen LogP contribution in [0.4, 0.5) is 0 Å². The quantitative estimate of drug-likeness (QED) is 0.0637. The molecule has 0 aliphatic rings. The molecular weight excluding hydrogens is 865 g/mol. The third kappa shape index (κ3) is 20.6. The van der Waals surface area contributed by atoms with Crippen molar-refractivity contribution in [2.75, 3.05) is 97.3 Å². The van der Waals surface area contributed by atoms with Crippen molar-refractivity contribution in [1.29, 1.82) is 0 Å². The Morgan fingerprint density at radius 1 is 0.357 bits per heavy atom. The predicted octanol–water partition coefficient (Wildman–Crippen LogP) is 4.93. The number of hydrogen-bond donors (Lipinski definition) is 2. The summed E-state index contributed by atoms with van der Waals surface area (Å²) in [7, 11) is -6.58. The summed E-state index contributed by atoms with van der Waals surface area (Å²) in [6.45, 7) is 21.2. The van der Waals surface area contributed by atoms with Gasteiger partial charge in [-0.25, -0.2) is 0 Å². The van der Waals surface area contributed by atoms with Crippen molar-refractivity contribution >= 4 is 69.5 Å². The van der Waals surface area contributed by atoms with Crippen LogP contribution in [-0.2, 0) is 64.8 Å². The topological polar surface area (TPSA) is 163 Å². The minimum absolute atomic E-state index is 0.600. The maximum Gasteiger partial charge on any atom is 0.500 e. The van der Waals surface area contributed by atoms with Gasteiger partial charge < -0.3 is 75.5 Å². The van der Waals surface area contributed by atoms with Crippen LogP contribution in [0.15, 0.2) is 12.3 Å². The highest BCUT2D eigenvalue weighted by atomic mass is 28.5. The van der Waals surface area contributed by atoms with Crippen LogP contribution >= 0.6 is 0 Å². The van der Waals surface area contributed by atoms with E-state index in [1.807, 2.05) is 45.8 Å². The highest BCUT2D eigenvalue weighted by Crippen LogP contribution is 2.30. The molecule has 1 atom stereocenters. The van der Waals surface area contributed by atoms with Crippen molar-refractivity contribution in [2.45, 2.75) is 95.7 Å². The first-order chi connectivity index (χ1) is 26.1. The maximum absolute atomic E-state index is 6.79. The molecule has 1 unspecified atom stereocenters. The smallest absolute Gasteiger partial charge is 0.416 e. The van der Waals surface area contributed by atoms with Gasteiger partial charge in [-0.2, -0.15) is 0 Å². The van der Waals surface area contributed by atoms with Crippen LogP contribution in [0.2, 0.25) is 70.0 Å². The fourth-order valence-electron chi connectivity index (χ4n) is 6.45. The Hall–Kier alpha value is 0.795. The van der Waals surface area contributed by atoms with Gasteiger partial charge in [-0.05, 0) is 97.7 Å². The first-order valence-corrected chi connectivity index (χ1v) is 37.8.